The molecule has 2 rings (SSSR count). The highest BCUT2D eigenvalue weighted by atomic mass is 16.6. The molecule has 0 aliphatic carbocycles. The molecule has 1 heterocycles. The van der Waals surface area contributed by atoms with Crippen LogP contribution in [-0.4, -0.2) is 29.3 Å². The van der Waals surface area contributed by atoms with Crippen LogP contribution in [0.4, 0.5) is 0 Å². The SMILES string of the molecule is COc1cc([C@@H]2OC(=O)C[C@@H]2C(=O)O)ccc1O. The van der Waals surface area contributed by atoms with Crippen LogP contribution in [0.2, 0.25) is 0 Å². The lowest BCUT2D eigenvalue weighted by molar-refractivity contribution is -0.144. The molecule has 2 atom stereocenters. The van der Waals surface area contributed by atoms with Crippen LogP contribution in [0.15, 0.2) is 18.2 Å². The van der Waals surface area contributed by atoms with E-state index in [1.807, 2.05) is 0 Å². The number of benzene rings is 1. The minimum absolute atomic E-state index is 0.0579. The van der Waals surface area contributed by atoms with Gasteiger partial charge >= 0.3 is 11.9 Å². The number of hydrogen-bond acceptors (Lipinski definition) is 5. The van der Waals surface area contributed by atoms with Crippen LogP contribution in [0.1, 0.15) is 18.1 Å². The number of ether oxygens (including phenoxy) is 2. The predicted molar refractivity (Wildman–Crippen MR) is 59.2 cm³/mol. The number of aromatic hydroxyl groups is 1. The molecule has 0 radical (unpaired) electrons. The van der Waals surface area contributed by atoms with Gasteiger partial charge < -0.3 is 19.7 Å². The largest absolute Gasteiger partial charge is 0.504 e. The van der Waals surface area contributed by atoms with Crippen LogP contribution in [0.25, 0.3) is 0 Å². The molecule has 0 aromatic heterocycles. The molecule has 0 saturated carbocycles. The van der Waals surface area contributed by atoms with Crippen LogP contribution in [0.3, 0.4) is 0 Å². The summed E-state index contributed by atoms with van der Waals surface area (Å²) in [4.78, 5) is 22.2. The number of hydrogen-bond donors (Lipinski definition) is 2. The second-order valence-corrected chi connectivity index (χ2v) is 3.99. The Morgan fingerprint density at radius 3 is 2.83 bits per heavy atom. The van der Waals surface area contributed by atoms with Crippen molar-refractivity contribution in [1.29, 1.82) is 0 Å². The van der Waals surface area contributed by atoms with Crippen molar-refractivity contribution in [3.8, 4) is 11.5 Å². The number of methoxy groups -OCH3 is 1. The first kappa shape index (κ1) is 12.2. The van der Waals surface area contributed by atoms with Crippen LogP contribution in [-0.2, 0) is 14.3 Å². The summed E-state index contributed by atoms with van der Waals surface area (Å²) in [5.41, 5.74) is 0.489. The van der Waals surface area contributed by atoms with Crippen molar-refractivity contribution in [2.45, 2.75) is 12.5 Å². The van der Waals surface area contributed by atoms with Crippen molar-refractivity contribution in [2.24, 2.45) is 5.92 Å². The highest BCUT2D eigenvalue weighted by Crippen LogP contribution is 2.38. The summed E-state index contributed by atoms with van der Waals surface area (Å²) < 4.78 is 9.93. The monoisotopic (exact) mass is 252 g/mol. The Labute approximate surface area is 103 Å². The Morgan fingerprint density at radius 2 is 2.22 bits per heavy atom. The third-order valence-electron chi connectivity index (χ3n) is 2.86. The number of carboxylic acids is 1. The van der Waals surface area contributed by atoms with Crippen molar-refractivity contribution in [1.82, 2.24) is 0 Å². The number of carbonyl (C=O) groups excluding carboxylic acids is 1. The summed E-state index contributed by atoms with van der Waals surface area (Å²) in [5, 5.41) is 18.5. The van der Waals surface area contributed by atoms with E-state index in [9.17, 15) is 14.7 Å². The zero-order valence-electron chi connectivity index (χ0n) is 9.62. The fraction of sp³-hybridized carbons (Fsp3) is 0.333. The molecule has 0 unspecified atom stereocenters. The average molecular weight is 252 g/mol. The Balaban J connectivity index is 2.35. The maximum absolute atomic E-state index is 11.2. The molecule has 1 aromatic rings. The van der Waals surface area contributed by atoms with E-state index < -0.39 is 24.0 Å². The maximum atomic E-state index is 11.2. The van der Waals surface area contributed by atoms with Crippen molar-refractivity contribution < 1.29 is 29.3 Å². The Kier molecular flexibility index (Phi) is 3.10. The van der Waals surface area contributed by atoms with Gasteiger partial charge in [-0.2, -0.15) is 0 Å². The highest BCUT2D eigenvalue weighted by molar-refractivity contribution is 5.82. The second kappa shape index (κ2) is 4.56. The number of aliphatic carboxylic acids is 1. The summed E-state index contributed by atoms with van der Waals surface area (Å²) in [5.74, 6) is -2.39. The number of carbonyl (C=O) groups is 2. The lowest BCUT2D eigenvalue weighted by Crippen LogP contribution is -2.17. The molecule has 18 heavy (non-hydrogen) atoms. The standard InChI is InChI=1S/C12H12O6/c1-17-9-4-6(2-3-8(9)13)11-7(12(15)16)5-10(14)18-11/h2-4,7,11,13H,5H2,1H3,(H,15,16)/t7-,11-/m0/s1. The van der Waals surface area contributed by atoms with Crippen LogP contribution >= 0.6 is 0 Å². The summed E-state index contributed by atoms with van der Waals surface area (Å²) in [6, 6.07) is 4.35. The summed E-state index contributed by atoms with van der Waals surface area (Å²) in [6.45, 7) is 0. The van der Waals surface area contributed by atoms with E-state index in [0.29, 0.717) is 5.56 Å². The van der Waals surface area contributed by atoms with Crippen LogP contribution in [0, 0.1) is 5.92 Å². The van der Waals surface area contributed by atoms with Gasteiger partial charge in [-0.15, -0.1) is 0 Å². The van der Waals surface area contributed by atoms with Gasteiger partial charge in [0.15, 0.2) is 11.5 Å². The number of cyclic esters (lactones) is 1. The third kappa shape index (κ3) is 2.09. The van der Waals surface area contributed by atoms with Crippen LogP contribution in [0.5, 0.6) is 11.5 Å². The van der Waals surface area contributed by atoms with Gasteiger partial charge in [0, 0.05) is 0 Å². The maximum Gasteiger partial charge on any atom is 0.311 e. The quantitative estimate of drug-likeness (QED) is 0.782. The summed E-state index contributed by atoms with van der Waals surface area (Å²) >= 11 is 0. The molecule has 1 aliphatic rings. The van der Waals surface area contributed by atoms with Gasteiger partial charge in [0.05, 0.1) is 13.5 Å². The summed E-state index contributed by atoms with van der Waals surface area (Å²) in [6.07, 6.45) is -0.993. The Bertz CT molecular complexity index is 495. The van der Waals surface area contributed by atoms with Gasteiger partial charge in [0.25, 0.3) is 0 Å². The van der Waals surface area contributed by atoms with E-state index in [1.165, 1.54) is 25.3 Å². The van der Waals surface area contributed by atoms with Gasteiger partial charge in [-0.3, -0.25) is 9.59 Å². The van der Waals surface area contributed by atoms with Crippen molar-refractivity contribution >= 4 is 11.9 Å². The molecule has 0 spiro atoms. The molecule has 1 aromatic carbocycles. The van der Waals surface area contributed by atoms with Gasteiger partial charge in [0.2, 0.25) is 0 Å². The number of carboxylic acid groups (broad SMARTS) is 1. The lowest BCUT2D eigenvalue weighted by Gasteiger charge is -2.15. The van der Waals surface area contributed by atoms with Gasteiger partial charge in [-0.1, -0.05) is 6.07 Å². The molecule has 1 saturated heterocycles. The Morgan fingerprint density at radius 1 is 1.50 bits per heavy atom. The van der Waals surface area contributed by atoms with E-state index in [1.54, 1.807) is 0 Å². The van der Waals surface area contributed by atoms with Crippen molar-refractivity contribution in [3.05, 3.63) is 23.8 Å². The normalized spacial score (nSPS) is 22.6. The average Bonchev–Trinajstić information content (AvgIpc) is 2.72. The molecule has 0 amide bonds. The molecule has 2 N–H and O–H groups in total. The van der Waals surface area contributed by atoms with Gasteiger partial charge in [0.1, 0.15) is 12.0 Å². The number of phenolic OH excluding ortho intramolecular Hbond substituents is 1. The van der Waals surface area contributed by atoms with E-state index in [4.69, 9.17) is 14.6 Å². The summed E-state index contributed by atoms with van der Waals surface area (Å²) in [7, 11) is 1.38. The minimum atomic E-state index is -1.09. The van der Waals surface area contributed by atoms with E-state index in [-0.39, 0.29) is 17.9 Å². The molecular weight excluding hydrogens is 240 g/mol. The van der Waals surface area contributed by atoms with E-state index in [2.05, 4.69) is 0 Å². The topological polar surface area (TPSA) is 93.1 Å². The highest BCUT2D eigenvalue weighted by Gasteiger charge is 2.41. The molecule has 1 fully saturated rings. The Hall–Kier alpha value is -2.24. The van der Waals surface area contributed by atoms with Crippen molar-refractivity contribution in [2.75, 3.05) is 7.11 Å². The fourth-order valence-corrected chi connectivity index (χ4v) is 1.95. The van der Waals surface area contributed by atoms with Gasteiger partial charge in [-0.05, 0) is 17.7 Å². The molecule has 6 heteroatoms. The fourth-order valence-electron chi connectivity index (χ4n) is 1.95. The van der Waals surface area contributed by atoms with Gasteiger partial charge in [-0.25, -0.2) is 0 Å². The first-order valence-electron chi connectivity index (χ1n) is 5.32. The predicted octanol–water partition coefficient (Wildman–Crippen LogP) is 1.09. The molecule has 1 aliphatic heterocycles. The third-order valence-corrected chi connectivity index (χ3v) is 2.86. The first-order chi connectivity index (χ1) is 8.52. The molecular formula is C12H12O6. The first-order valence-corrected chi connectivity index (χ1v) is 5.32. The number of phenols is 1. The molecule has 6 nitrogen and oxygen atoms in total. The number of rotatable bonds is 3. The van der Waals surface area contributed by atoms with E-state index >= 15 is 0 Å². The van der Waals surface area contributed by atoms with Crippen molar-refractivity contribution in [3.63, 3.8) is 0 Å². The van der Waals surface area contributed by atoms with E-state index in [0.717, 1.165) is 0 Å². The van der Waals surface area contributed by atoms with Crippen LogP contribution < -0.4 is 4.74 Å². The smallest absolute Gasteiger partial charge is 0.311 e. The lowest BCUT2D eigenvalue weighted by atomic mass is 9.95. The minimum Gasteiger partial charge on any atom is -0.504 e. The molecule has 0 bridgehead atoms. The number of esters is 1. The zero-order valence-corrected chi connectivity index (χ0v) is 9.62. The zero-order chi connectivity index (χ0) is 13.3. The second-order valence-electron chi connectivity index (χ2n) is 3.99. The molecule has 96 valence electrons.